The zero-order valence-corrected chi connectivity index (χ0v) is 13.2. The summed E-state index contributed by atoms with van der Waals surface area (Å²) in [5.41, 5.74) is 1.45. The van der Waals surface area contributed by atoms with E-state index in [2.05, 4.69) is 36.3 Å². The molecule has 3 rings (SSSR count). The van der Waals surface area contributed by atoms with Crippen molar-refractivity contribution in [1.29, 1.82) is 0 Å². The van der Waals surface area contributed by atoms with Gasteiger partial charge in [0, 0.05) is 23.7 Å². The molecule has 0 spiro atoms. The van der Waals surface area contributed by atoms with Gasteiger partial charge >= 0.3 is 0 Å². The van der Waals surface area contributed by atoms with Crippen LogP contribution >= 0.6 is 11.6 Å². The number of hydrogen-bond acceptors (Lipinski definition) is 2. The first-order chi connectivity index (χ1) is 9.61. The lowest BCUT2D eigenvalue weighted by atomic mass is 9.75. The van der Waals surface area contributed by atoms with E-state index in [0.29, 0.717) is 12.1 Å². The molecule has 1 N–H and O–H groups in total. The van der Waals surface area contributed by atoms with E-state index in [9.17, 15) is 0 Å². The highest BCUT2D eigenvalue weighted by molar-refractivity contribution is 6.30. The van der Waals surface area contributed by atoms with Crippen LogP contribution in [-0.2, 0) is 0 Å². The number of nitrogens with zero attached hydrogens (tertiary/aromatic N) is 1. The summed E-state index contributed by atoms with van der Waals surface area (Å²) in [5, 5.41) is 4.72. The third kappa shape index (κ3) is 3.19. The summed E-state index contributed by atoms with van der Waals surface area (Å²) < 4.78 is 0. The highest BCUT2D eigenvalue weighted by Crippen LogP contribution is 2.38. The third-order valence-electron chi connectivity index (χ3n) is 5.04. The minimum Gasteiger partial charge on any atom is -0.311 e. The molecule has 20 heavy (non-hydrogen) atoms. The second-order valence-corrected chi connectivity index (χ2v) is 7.15. The van der Waals surface area contributed by atoms with Gasteiger partial charge in [-0.2, -0.15) is 0 Å². The maximum Gasteiger partial charge on any atom is 0.0406 e. The predicted molar refractivity (Wildman–Crippen MR) is 85.4 cm³/mol. The van der Waals surface area contributed by atoms with Crippen molar-refractivity contribution in [2.24, 2.45) is 5.92 Å². The summed E-state index contributed by atoms with van der Waals surface area (Å²) in [6, 6.07) is 9.81. The van der Waals surface area contributed by atoms with Gasteiger partial charge in [0.2, 0.25) is 0 Å². The minimum atomic E-state index is 0.711. The van der Waals surface area contributed by atoms with Crippen LogP contribution in [-0.4, -0.2) is 37.1 Å². The Labute approximate surface area is 127 Å². The van der Waals surface area contributed by atoms with E-state index in [4.69, 9.17) is 11.6 Å². The molecule has 0 aromatic heterocycles. The van der Waals surface area contributed by atoms with Gasteiger partial charge in [0.25, 0.3) is 0 Å². The molecule has 1 aromatic carbocycles. The fourth-order valence-corrected chi connectivity index (χ4v) is 3.79. The first-order valence-electron chi connectivity index (χ1n) is 7.82. The molecule has 1 saturated carbocycles. The summed E-state index contributed by atoms with van der Waals surface area (Å²) in [7, 11) is 2.23. The van der Waals surface area contributed by atoms with Crippen LogP contribution < -0.4 is 5.32 Å². The number of hydrogen-bond donors (Lipinski definition) is 1. The molecule has 0 bridgehead atoms. The van der Waals surface area contributed by atoms with Crippen molar-refractivity contribution >= 4 is 11.6 Å². The fourth-order valence-electron chi connectivity index (χ4n) is 3.67. The lowest BCUT2D eigenvalue weighted by molar-refractivity contribution is 0.145. The molecule has 2 nitrogen and oxygen atoms in total. The van der Waals surface area contributed by atoms with Gasteiger partial charge in [-0.05, 0) is 62.4 Å². The van der Waals surface area contributed by atoms with Gasteiger partial charge in [0.05, 0.1) is 0 Å². The van der Waals surface area contributed by atoms with Crippen LogP contribution in [0.4, 0.5) is 0 Å². The van der Waals surface area contributed by atoms with E-state index < -0.39 is 0 Å². The van der Waals surface area contributed by atoms with E-state index in [1.807, 2.05) is 12.1 Å². The van der Waals surface area contributed by atoms with Crippen molar-refractivity contribution in [1.82, 2.24) is 10.2 Å². The Bertz CT molecular complexity index is 439. The Morgan fingerprint density at radius 2 is 1.90 bits per heavy atom. The van der Waals surface area contributed by atoms with Crippen LogP contribution in [0.15, 0.2) is 24.3 Å². The Kier molecular flexibility index (Phi) is 4.34. The quantitative estimate of drug-likeness (QED) is 0.917. The molecule has 1 saturated heterocycles. The Morgan fingerprint density at radius 1 is 1.20 bits per heavy atom. The first kappa shape index (κ1) is 14.4. The molecule has 2 fully saturated rings. The summed E-state index contributed by atoms with van der Waals surface area (Å²) in [6.07, 6.45) is 3.85. The zero-order chi connectivity index (χ0) is 14.1. The van der Waals surface area contributed by atoms with Crippen molar-refractivity contribution < 1.29 is 0 Å². The molecule has 110 valence electrons. The SMILES string of the molecule is CC1CN(C)CCC1NC1CC(c2ccc(Cl)cc2)C1. The minimum absolute atomic E-state index is 0.711. The maximum absolute atomic E-state index is 5.95. The monoisotopic (exact) mass is 292 g/mol. The normalized spacial score (nSPS) is 34.8. The molecule has 1 aliphatic carbocycles. The molecule has 2 atom stereocenters. The molecular formula is C17H25ClN2. The molecule has 1 aliphatic heterocycles. The second kappa shape index (κ2) is 6.05. The highest BCUT2D eigenvalue weighted by atomic mass is 35.5. The topological polar surface area (TPSA) is 15.3 Å². The summed E-state index contributed by atoms with van der Waals surface area (Å²) in [5.74, 6) is 1.50. The Hall–Kier alpha value is -0.570. The van der Waals surface area contributed by atoms with Crippen molar-refractivity contribution in [2.45, 2.75) is 44.2 Å². The van der Waals surface area contributed by atoms with Crippen molar-refractivity contribution in [3.63, 3.8) is 0 Å². The molecular weight excluding hydrogens is 268 g/mol. The summed E-state index contributed by atoms with van der Waals surface area (Å²) in [4.78, 5) is 2.44. The summed E-state index contributed by atoms with van der Waals surface area (Å²) in [6.45, 7) is 4.84. The molecule has 3 heteroatoms. The van der Waals surface area contributed by atoms with Crippen LogP contribution in [0, 0.1) is 5.92 Å². The Morgan fingerprint density at radius 3 is 2.55 bits per heavy atom. The van der Waals surface area contributed by atoms with Crippen LogP contribution in [0.5, 0.6) is 0 Å². The van der Waals surface area contributed by atoms with Gasteiger partial charge in [0.1, 0.15) is 0 Å². The van der Waals surface area contributed by atoms with E-state index in [1.165, 1.54) is 37.9 Å². The fraction of sp³-hybridized carbons (Fsp3) is 0.647. The van der Waals surface area contributed by atoms with E-state index in [0.717, 1.165) is 16.9 Å². The van der Waals surface area contributed by atoms with Crippen molar-refractivity contribution in [3.05, 3.63) is 34.9 Å². The lowest BCUT2D eigenvalue weighted by Gasteiger charge is -2.43. The average Bonchev–Trinajstić information content (AvgIpc) is 2.37. The molecule has 2 unspecified atom stereocenters. The predicted octanol–water partition coefficient (Wildman–Crippen LogP) is 3.52. The van der Waals surface area contributed by atoms with Gasteiger partial charge in [-0.25, -0.2) is 0 Å². The van der Waals surface area contributed by atoms with Gasteiger partial charge in [-0.3, -0.25) is 0 Å². The number of halogens is 1. The average molecular weight is 293 g/mol. The van der Waals surface area contributed by atoms with Gasteiger partial charge in [0.15, 0.2) is 0 Å². The van der Waals surface area contributed by atoms with Gasteiger partial charge in [-0.1, -0.05) is 30.7 Å². The zero-order valence-electron chi connectivity index (χ0n) is 12.5. The number of nitrogens with one attached hydrogen (secondary N) is 1. The second-order valence-electron chi connectivity index (χ2n) is 6.72. The van der Waals surface area contributed by atoms with Crippen LogP contribution in [0.25, 0.3) is 0 Å². The summed E-state index contributed by atoms with van der Waals surface area (Å²) >= 11 is 5.95. The molecule has 1 aromatic rings. The van der Waals surface area contributed by atoms with Crippen LogP contribution in [0.1, 0.15) is 37.7 Å². The molecule has 0 radical (unpaired) electrons. The smallest absolute Gasteiger partial charge is 0.0406 e. The standard InChI is InChI=1S/C17H25ClN2/c1-12-11-20(2)8-7-17(12)19-16-9-14(10-16)13-3-5-15(18)6-4-13/h3-6,12,14,16-17,19H,7-11H2,1-2H3. The molecule has 0 amide bonds. The van der Waals surface area contributed by atoms with E-state index >= 15 is 0 Å². The van der Waals surface area contributed by atoms with Gasteiger partial charge < -0.3 is 10.2 Å². The van der Waals surface area contributed by atoms with E-state index in [1.54, 1.807) is 0 Å². The first-order valence-corrected chi connectivity index (χ1v) is 8.19. The number of benzene rings is 1. The largest absolute Gasteiger partial charge is 0.311 e. The number of piperidine rings is 1. The highest BCUT2D eigenvalue weighted by Gasteiger charge is 2.33. The molecule has 1 heterocycles. The van der Waals surface area contributed by atoms with Crippen LogP contribution in [0.2, 0.25) is 5.02 Å². The number of rotatable bonds is 3. The third-order valence-corrected chi connectivity index (χ3v) is 5.29. The number of likely N-dealkylation sites (tertiary alicyclic amines) is 1. The van der Waals surface area contributed by atoms with Crippen LogP contribution in [0.3, 0.4) is 0 Å². The maximum atomic E-state index is 5.95. The Balaban J connectivity index is 1.47. The van der Waals surface area contributed by atoms with E-state index in [-0.39, 0.29) is 0 Å². The van der Waals surface area contributed by atoms with Crippen molar-refractivity contribution in [2.75, 3.05) is 20.1 Å². The van der Waals surface area contributed by atoms with Gasteiger partial charge in [-0.15, -0.1) is 0 Å². The van der Waals surface area contributed by atoms with Crippen molar-refractivity contribution in [3.8, 4) is 0 Å². The lowest BCUT2D eigenvalue weighted by Crippen LogP contribution is -2.53. The molecule has 2 aliphatic rings.